The van der Waals surface area contributed by atoms with Crippen LogP contribution in [-0.2, 0) is 19.1 Å². The third kappa shape index (κ3) is 1.94. The summed E-state index contributed by atoms with van der Waals surface area (Å²) in [6, 6.07) is 0.222. The van der Waals surface area contributed by atoms with Gasteiger partial charge < -0.3 is 9.47 Å². The van der Waals surface area contributed by atoms with Gasteiger partial charge >= 0.3 is 11.9 Å². The van der Waals surface area contributed by atoms with Gasteiger partial charge in [-0.3, -0.25) is 4.90 Å². The van der Waals surface area contributed by atoms with Crippen molar-refractivity contribution < 1.29 is 19.1 Å². The number of hydrogen-bond acceptors (Lipinski definition) is 5. The summed E-state index contributed by atoms with van der Waals surface area (Å²) in [6.07, 6.45) is 5.73. The van der Waals surface area contributed by atoms with E-state index in [-0.39, 0.29) is 18.0 Å². The van der Waals surface area contributed by atoms with E-state index in [4.69, 9.17) is 9.47 Å². The molecule has 2 fully saturated rings. The predicted molar refractivity (Wildman–Crippen MR) is 76.6 cm³/mol. The van der Waals surface area contributed by atoms with Crippen LogP contribution in [0, 0.1) is 0 Å². The molecule has 0 bridgehead atoms. The number of hydrogen-bond donors (Lipinski definition) is 0. The first-order chi connectivity index (χ1) is 10.2. The van der Waals surface area contributed by atoms with Crippen molar-refractivity contribution in [2.24, 2.45) is 0 Å². The van der Waals surface area contributed by atoms with Crippen molar-refractivity contribution in [2.75, 3.05) is 20.3 Å². The van der Waals surface area contributed by atoms with Crippen molar-refractivity contribution in [3.05, 3.63) is 11.1 Å². The molecule has 1 aliphatic carbocycles. The minimum Gasteiger partial charge on any atom is -0.467 e. The van der Waals surface area contributed by atoms with Gasteiger partial charge in [-0.1, -0.05) is 6.42 Å². The number of ether oxygens (including phenoxy) is 2. The summed E-state index contributed by atoms with van der Waals surface area (Å²) in [6.45, 7) is 2.98. The van der Waals surface area contributed by atoms with Crippen molar-refractivity contribution in [1.82, 2.24) is 4.90 Å². The van der Waals surface area contributed by atoms with Crippen molar-refractivity contribution in [3.63, 3.8) is 0 Å². The Kier molecular flexibility index (Phi) is 3.78. The smallest absolute Gasteiger partial charge is 0.336 e. The highest BCUT2D eigenvalue weighted by Gasteiger charge is 2.62. The average molecular weight is 293 g/mol. The minimum atomic E-state index is -0.884. The summed E-state index contributed by atoms with van der Waals surface area (Å²) in [5.41, 5.74) is 0.842. The first kappa shape index (κ1) is 14.6. The Balaban J connectivity index is 2.11. The summed E-state index contributed by atoms with van der Waals surface area (Å²) in [7, 11) is 1.41. The molecule has 3 aliphatic rings. The molecule has 0 N–H and O–H groups in total. The van der Waals surface area contributed by atoms with Gasteiger partial charge in [0.15, 0.2) is 5.54 Å². The van der Waals surface area contributed by atoms with Crippen LogP contribution in [-0.4, -0.2) is 48.7 Å². The quantitative estimate of drug-likeness (QED) is 0.743. The molecule has 2 aliphatic heterocycles. The van der Waals surface area contributed by atoms with Gasteiger partial charge in [0.25, 0.3) is 0 Å². The molecule has 0 radical (unpaired) electrons. The van der Waals surface area contributed by atoms with E-state index in [1.807, 2.05) is 0 Å². The Labute approximate surface area is 125 Å². The summed E-state index contributed by atoms with van der Waals surface area (Å²) in [5.74, 6) is -0.626. The number of carbonyl (C=O) groups is 2. The van der Waals surface area contributed by atoms with E-state index in [1.54, 1.807) is 6.92 Å². The average Bonchev–Trinajstić information content (AvgIpc) is 3.02. The van der Waals surface area contributed by atoms with Crippen LogP contribution in [0.2, 0.25) is 0 Å². The van der Waals surface area contributed by atoms with Crippen LogP contribution in [0.3, 0.4) is 0 Å². The zero-order valence-corrected chi connectivity index (χ0v) is 12.8. The molecule has 21 heavy (non-hydrogen) atoms. The number of esters is 2. The number of fused-ring (bicyclic) bond motifs is 3. The molecular formula is C16H23NO4. The zero-order valence-electron chi connectivity index (χ0n) is 12.8. The van der Waals surface area contributed by atoms with E-state index in [0.29, 0.717) is 18.6 Å². The van der Waals surface area contributed by atoms with E-state index in [0.717, 1.165) is 44.2 Å². The third-order valence-electron chi connectivity index (χ3n) is 5.12. The van der Waals surface area contributed by atoms with Gasteiger partial charge in [0.1, 0.15) is 0 Å². The second-order valence-electron chi connectivity index (χ2n) is 6.03. The van der Waals surface area contributed by atoms with Crippen molar-refractivity contribution in [1.29, 1.82) is 0 Å². The van der Waals surface area contributed by atoms with Gasteiger partial charge in [0, 0.05) is 12.6 Å². The highest BCUT2D eigenvalue weighted by Crippen LogP contribution is 2.51. The number of nitrogens with zero attached hydrogens (tertiary/aromatic N) is 1. The van der Waals surface area contributed by atoms with E-state index in [9.17, 15) is 9.59 Å². The second-order valence-corrected chi connectivity index (χ2v) is 6.03. The molecule has 0 spiro atoms. The van der Waals surface area contributed by atoms with Crippen LogP contribution in [0.4, 0.5) is 0 Å². The fraction of sp³-hybridized carbons (Fsp3) is 0.750. The van der Waals surface area contributed by atoms with Gasteiger partial charge in [0.05, 0.1) is 19.3 Å². The van der Waals surface area contributed by atoms with Gasteiger partial charge in [-0.25, -0.2) is 9.59 Å². The monoisotopic (exact) mass is 293 g/mol. The topological polar surface area (TPSA) is 55.8 Å². The lowest BCUT2D eigenvalue weighted by atomic mass is 9.83. The molecule has 3 rings (SSSR count). The Bertz CT molecular complexity index is 499. The molecule has 2 heterocycles. The van der Waals surface area contributed by atoms with E-state index >= 15 is 0 Å². The first-order valence-corrected chi connectivity index (χ1v) is 7.92. The Morgan fingerprint density at radius 1 is 1.33 bits per heavy atom. The molecule has 0 aromatic heterocycles. The second kappa shape index (κ2) is 5.44. The largest absolute Gasteiger partial charge is 0.467 e. The fourth-order valence-corrected chi connectivity index (χ4v) is 4.42. The van der Waals surface area contributed by atoms with Crippen LogP contribution < -0.4 is 0 Å². The molecule has 0 aromatic rings. The molecule has 116 valence electrons. The van der Waals surface area contributed by atoms with Crippen LogP contribution in [0.5, 0.6) is 0 Å². The molecule has 0 aromatic carbocycles. The maximum atomic E-state index is 12.6. The normalized spacial score (nSPS) is 31.8. The standard InChI is InChI=1S/C16H23NO4/c1-3-21-14(18)13-11-7-4-5-8-12(11)17-10-6-9-16(13,17)15(19)20-2/h12H,3-10H2,1-2H3/t12-,16+/m1/s1. The Morgan fingerprint density at radius 2 is 2.14 bits per heavy atom. The highest BCUT2D eigenvalue weighted by molar-refractivity contribution is 6.03. The van der Waals surface area contributed by atoms with Crippen molar-refractivity contribution >= 4 is 11.9 Å². The molecule has 0 unspecified atom stereocenters. The molecule has 0 amide bonds. The van der Waals surface area contributed by atoms with E-state index in [1.165, 1.54) is 7.11 Å². The van der Waals surface area contributed by atoms with Crippen molar-refractivity contribution in [3.8, 4) is 0 Å². The summed E-state index contributed by atoms with van der Waals surface area (Å²) in [5, 5.41) is 0. The Morgan fingerprint density at radius 3 is 2.86 bits per heavy atom. The van der Waals surface area contributed by atoms with Crippen molar-refractivity contribution in [2.45, 2.75) is 57.0 Å². The number of carbonyl (C=O) groups excluding carboxylic acids is 2. The van der Waals surface area contributed by atoms with Gasteiger partial charge in [-0.2, -0.15) is 0 Å². The molecule has 1 saturated carbocycles. The number of methoxy groups -OCH3 is 1. The molecular weight excluding hydrogens is 270 g/mol. The summed E-state index contributed by atoms with van der Waals surface area (Å²) < 4.78 is 10.4. The molecule has 5 nitrogen and oxygen atoms in total. The molecule has 5 heteroatoms. The number of rotatable bonds is 3. The SMILES string of the molecule is CCOC(=O)C1=C2CCCC[C@H]2N2CCC[C@@]12C(=O)OC. The van der Waals surface area contributed by atoms with Crippen LogP contribution >= 0.6 is 0 Å². The molecule has 1 saturated heterocycles. The first-order valence-electron chi connectivity index (χ1n) is 7.92. The Hall–Kier alpha value is -1.36. The summed E-state index contributed by atoms with van der Waals surface area (Å²) in [4.78, 5) is 27.3. The summed E-state index contributed by atoms with van der Waals surface area (Å²) >= 11 is 0. The van der Waals surface area contributed by atoms with E-state index in [2.05, 4.69) is 4.90 Å². The van der Waals surface area contributed by atoms with Crippen LogP contribution in [0.25, 0.3) is 0 Å². The molecule has 2 atom stereocenters. The van der Waals surface area contributed by atoms with Crippen LogP contribution in [0.1, 0.15) is 45.4 Å². The van der Waals surface area contributed by atoms with Gasteiger partial charge in [0.2, 0.25) is 0 Å². The van der Waals surface area contributed by atoms with Gasteiger partial charge in [-0.15, -0.1) is 0 Å². The van der Waals surface area contributed by atoms with Gasteiger partial charge in [-0.05, 0) is 44.6 Å². The maximum Gasteiger partial charge on any atom is 0.336 e. The lowest BCUT2D eigenvalue weighted by Crippen LogP contribution is -2.53. The van der Waals surface area contributed by atoms with E-state index < -0.39 is 5.54 Å². The fourth-order valence-electron chi connectivity index (χ4n) is 4.42. The lowest BCUT2D eigenvalue weighted by Gasteiger charge is -2.35. The zero-order chi connectivity index (χ0) is 15.0. The predicted octanol–water partition coefficient (Wildman–Crippen LogP) is 1.81. The maximum absolute atomic E-state index is 12.6. The third-order valence-corrected chi connectivity index (χ3v) is 5.12. The minimum absolute atomic E-state index is 0.222. The lowest BCUT2D eigenvalue weighted by molar-refractivity contribution is -0.154. The van der Waals surface area contributed by atoms with Crippen LogP contribution in [0.15, 0.2) is 11.1 Å². The highest BCUT2D eigenvalue weighted by atomic mass is 16.5.